The summed E-state index contributed by atoms with van der Waals surface area (Å²) in [6, 6.07) is 15.0. The van der Waals surface area contributed by atoms with Crippen molar-refractivity contribution >= 4 is 41.1 Å². The van der Waals surface area contributed by atoms with E-state index in [1.807, 2.05) is 29.2 Å². The van der Waals surface area contributed by atoms with E-state index in [1.54, 1.807) is 41.6 Å². The average Bonchev–Trinajstić information content (AvgIpc) is 4.07. The summed E-state index contributed by atoms with van der Waals surface area (Å²) in [6.45, 7) is 14.3. The number of aromatic amines is 2. The zero-order chi connectivity index (χ0) is 51.2. The molecule has 0 bridgehead atoms. The molecule has 3 saturated heterocycles. The Morgan fingerprint density at radius 3 is 1.48 bits per heavy atom. The molecule has 3 aliphatic heterocycles. The lowest BCUT2D eigenvalue weighted by Gasteiger charge is -2.40. The fourth-order valence-corrected chi connectivity index (χ4v) is 11.2. The van der Waals surface area contributed by atoms with Crippen LogP contribution in [0, 0.1) is 0 Å². The van der Waals surface area contributed by atoms with E-state index < -0.39 is 0 Å². The number of rotatable bonds is 9. The van der Waals surface area contributed by atoms with Crippen molar-refractivity contribution in [1.29, 1.82) is 0 Å². The molecule has 6 aromatic rings. The summed E-state index contributed by atoms with van der Waals surface area (Å²) < 4.78 is 5.47. The molecule has 19 heteroatoms. The summed E-state index contributed by atoms with van der Waals surface area (Å²) in [7, 11) is 0. The monoisotopic (exact) mass is 987 g/mol. The number of H-pyrrole nitrogens is 2. The molecule has 73 heavy (non-hydrogen) atoms. The zero-order valence-electron chi connectivity index (χ0n) is 41.8. The fraction of sp³-hybridized carbons (Fsp3) is 0.426. The van der Waals surface area contributed by atoms with Gasteiger partial charge in [0.2, 0.25) is 11.9 Å². The van der Waals surface area contributed by atoms with E-state index in [4.69, 9.17) is 16.2 Å². The number of morpholine rings is 1. The van der Waals surface area contributed by atoms with Crippen molar-refractivity contribution in [3.8, 4) is 22.8 Å². The fourth-order valence-electron chi connectivity index (χ4n) is 11.2. The lowest BCUT2D eigenvalue weighted by molar-refractivity contribution is -0.120. The lowest BCUT2D eigenvalue weighted by atomic mass is 9.72. The third-order valence-corrected chi connectivity index (χ3v) is 15.0. The van der Waals surface area contributed by atoms with Gasteiger partial charge in [-0.1, -0.05) is 52.0 Å². The van der Waals surface area contributed by atoms with E-state index in [-0.39, 0.29) is 64.7 Å². The quantitative estimate of drug-likeness (QED) is 0.136. The smallest absolute Gasteiger partial charge is 0.253 e. The number of nitrogens with two attached hydrogens (primary N) is 2. The molecule has 7 heterocycles. The van der Waals surface area contributed by atoms with Gasteiger partial charge in [-0.3, -0.25) is 39.1 Å². The first-order chi connectivity index (χ1) is 35.0. The molecule has 0 saturated carbocycles. The topological polar surface area (TPSA) is 265 Å². The van der Waals surface area contributed by atoms with Gasteiger partial charge in [0.1, 0.15) is 28.6 Å². The van der Waals surface area contributed by atoms with Crippen LogP contribution >= 0.6 is 0 Å². The van der Waals surface area contributed by atoms with Gasteiger partial charge in [0.05, 0.1) is 24.6 Å². The summed E-state index contributed by atoms with van der Waals surface area (Å²) in [5.74, 6) is 0.388. The standard InChI is InChI=1S/C29H35N7O3.C25H26N6O3/c1-29(2)16-20-17-31-28(30)32-24(20)26-23(29)25(33-34-26)22(37)15-18-3-5-19(6-4-18)27(38)36-9-7-21(8-10-36)35-11-13-39-14-12-35;1-25(2)12-16-13-27-24(26)28-20(16)22-19(25)21(29-30-22)18(33)11-14-3-5-15(6-4-14)23(34)31-9-7-17(32)8-10-31/h3-6,17,21H,7-16H2,1-2H3,(H,33,34)(H2,30,31,32);3-6,13H,7-12H2,1-2H3,(H,29,30)(H2,26,27,28). The maximum absolute atomic E-state index is 13.4. The third-order valence-electron chi connectivity index (χ3n) is 15.0. The van der Waals surface area contributed by atoms with Gasteiger partial charge >= 0.3 is 0 Å². The molecule has 4 aromatic heterocycles. The van der Waals surface area contributed by atoms with Gasteiger partial charge in [0, 0.05) is 106 Å². The molecule has 3 fully saturated rings. The maximum Gasteiger partial charge on any atom is 0.253 e. The van der Waals surface area contributed by atoms with Crippen LogP contribution in [-0.2, 0) is 46.0 Å². The molecular weight excluding hydrogens is 927 g/mol. The lowest BCUT2D eigenvalue weighted by Crippen LogP contribution is -2.50. The summed E-state index contributed by atoms with van der Waals surface area (Å²) in [6.07, 6.45) is 8.03. The number of carbonyl (C=O) groups excluding carboxylic acids is 5. The van der Waals surface area contributed by atoms with Crippen molar-refractivity contribution in [2.45, 2.75) is 95.9 Å². The molecule has 378 valence electrons. The van der Waals surface area contributed by atoms with Gasteiger partial charge in [-0.25, -0.2) is 19.9 Å². The summed E-state index contributed by atoms with van der Waals surface area (Å²) in [5.41, 5.74) is 21.1. The van der Waals surface area contributed by atoms with Crippen LogP contribution in [0.5, 0.6) is 0 Å². The number of nitrogens with zero attached hydrogens (tertiary/aromatic N) is 9. The van der Waals surface area contributed by atoms with Crippen LogP contribution in [0.4, 0.5) is 11.9 Å². The van der Waals surface area contributed by atoms with Crippen LogP contribution in [0.1, 0.15) is 128 Å². The Labute approximate surface area is 422 Å². The molecule has 2 aromatic carbocycles. The van der Waals surface area contributed by atoms with Crippen LogP contribution in [0.2, 0.25) is 0 Å². The van der Waals surface area contributed by atoms with Crippen molar-refractivity contribution < 1.29 is 28.7 Å². The minimum Gasteiger partial charge on any atom is -0.379 e. The Hall–Kier alpha value is -7.51. The molecule has 19 nitrogen and oxygen atoms in total. The summed E-state index contributed by atoms with van der Waals surface area (Å²) in [5, 5.41) is 14.8. The number of hydrogen-bond donors (Lipinski definition) is 4. The molecular formula is C54H61N13O6. The number of Topliss-reactive ketones (excluding diaryl/α,β-unsaturated/α-hetero) is 3. The number of nitrogen functional groups attached to an aromatic ring is 2. The van der Waals surface area contributed by atoms with Gasteiger partial charge in [0.25, 0.3) is 11.8 Å². The number of piperidine rings is 2. The predicted octanol–water partition coefficient (Wildman–Crippen LogP) is 5.16. The highest BCUT2D eigenvalue weighted by atomic mass is 16.5. The number of benzene rings is 2. The molecule has 11 rings (SSSR count). The van der Waals surface area contributed by atoms with E-state index in [0.717, 1.165) is 85.6 Å². The van der Waals surface area contributed by atoms with E-state index >= 15 is 0 Å². The zero-order valence-corrected chi connectivity index (χ0v) is 41.8. The van der Waals surface area contributed by atoms with E-state index in [2.05, 4.69) is 72.9 Å². The minimum absolute atomic E-state index is 0.0495. The van der Waals surface area contributed by atoms with Gasteiger partial charge < -0.3 is 26.0 Å². The highest BCUT2D eigenvalue weighted by molar-refractivity contribution is 6.01. The number of aromatic nitrogens is 8. The number of nitrogens with one attached hydrogen (secondary N) is 2. The van der Waals surface area contributed by atoms with Gasteiger partial charge in [-0.2, -0.15) is 10.2 Å². The summed E-state index contributed by atoms with van der Waals surface area (Å²) in [4.78, 5) is 87.1. The number of ether oxygens (including phenoxy) is 1. The molecule has 2 amide bonds. The second-order valence-electron chi connectivity index (χ2n) is 21.1. The number of ketones is 3. The number of fused-ring (bicyclic) bond motifs is 6. The van der Waals surface area contributed by atoms with E-state index in [1.165, 1.54) is 0 Å². The Bertz CT molecular complexity index is 3100. The highest BCUT2D eigenvalue weighted by Gasteiger charge is 2.40. The highest BCUT2D eigenvalue weighted by Crippen LogP contribution is 2.44. The molecule has 6 N–H and O–H groups in total. The Kier molecular flexibility index (Phi) is 13.3. The molecule has 5 aliphatic rings. The van der Waals surface area contributed by atoms with Crippen molar-refractivity contribution in [2.24, 2.45) is 0 Å². The van der Waals surface area contributed by atoms with Crippen molar-refractivity contribution in [3.05, 3.63) is 117 Å². The number of likely N-dealkylation sites (tertiary alicyclic amines) is 2. The second kappa shape index (κ2) is 19.8. The van der Waals surface area contributed by atoms with Crippen molar-refractivity contribution in [2.75, 3.05) is 63.9 Å². The molecule has 0 atom stereocenters. The Morgan fingerprint density at radius 2 is 1.04 bits per heavy atom. The van der Waals surface area contributed by atoms with Crippen LogP contribution in [0.15, 0.2) is 60.9 Å². The van der Waals surface area contributed by atoms with Gasteiger partial charge in [-0.15, -0.1) is 0 Å². The largest absolute Gasteiger partial charge is 0.379 e. The van der Waals surface area contributed by atoms with Gasteiger partial charge in [-0.05, 0) is 83.0 Å². The van der Waals surface area contributed by atoms with E-state index in [9.17, 15) is 24.0 Å². The van der Waals surface area contributed by atoms with Crippen molar-refractivity contribution in [3.63, 3.8) is 0 Å². The minimum atomic E-state index is -0.327. The first kappa shape index (κ1) is 49.1. The third kappa shape index (κ3) is 10.0. The predicted molar refractivity (Wildman–Crippen MR) is 272 cm³/mol. The van der Waals surface area contributed by atoms with Crippen LogP contribution in [-0.4, -0.2) is 143 Å². The number of anilines is 2. The molecule has 0 spiro atoms. The number of amides is 2. The first-order valence-corrected chi connectivity index (χ1v) is 25.1. The number of carbonyl (C=O) groups is 5. The Morgan fingerprint density at radius 1 is 0.616 bits per heavy atom. The first-order valence-electron chi connectivity index (χ1n) is 25.1. The molecule has 2 aliphatic carbocycles. The average molecular weight is 988 g/mol. The molecule has 0 radical (unpaired) electrons. The maximum atomic E-state index is 13.4. The second-order valence-corrected chi connectivity index (χ2v) is 21.1. The molecule has 0 unspecified atom stereocenters. The van der Waals surface area contributed by atoms with Crippen molar-refractivity contribution in [1.82, 2.24) is 55.0 Å². The SMILES string of the molecule is CC1(C)Cc2cnc(N)nc2-c2n[nH]c(C(=O)Cc3ccc(C(=O)N4CCC(=O)CC4)cc3)c21.CC1(C)Cc2cnc(N)nc2-c2n[nH]c(C(=O)Cc3ccc(C(=O)N4CCC(N5CCOCC5)CC4)cc3)c21. The summed E-state index contributed by atoms with van der Waals surface area (Å²) >= 11 is 0. The van der Waals surface area contributed by atoms with Crippen LogP contribution < -0.4 is 11.5 Å². The van der Waals surface area contributed by atoms with E-state index in [0.29, 0.717) is 90.1 Å². The normalized spacial score (nSPS) is 18.1. The Balaban J connectivity index is 0.000000169. The number of hydrogen-bond acceptors (Lipinski definition) is 15. The van der Waals surface area contributed by atoms with Crippen LogP contribution in [0.3, 0.4) is 0 Å². The van der Waals surface area contributed by atoms with Crippen LogP contribution in [0.25, 0.3) is 22.8 Å². The van der Waals surface area contributed by atoms with Gasteiger partial charge in [0.15, 0.2) is 11.6 Å².